The number of allylic oxidation sites excluding steroid dienone is 2. The molecule has 0 radical (unpaired) electrons. The van der Waals surface area contributed by atoms with Crippen molar-refractivity contribution in [3.63, 3.8) is 0 Å². The number of carboxylic acid groups (broad SMARTS) is 1. The molecule has 2 aromatic rings. The van der Waals surface area contributed by atoms with Gasteiger partial charge in [0.05, 0.1) is 24.6 Å². The molecule has 2 aromatic carbocycles. The lowest BCUT2D eigenvalue weighted by atomic mass is 9.89. The number of halogens is 5. The maximum absolute atomic E-state index is 16.0. The molecular weight excluding hydrogens is 669 g/mol. The maximum Gasteiger partial charge on any atom is 0.416 e. The van der Waals surface area contributed by atoms with Crippen LogP contribution >= 0.6 is 0 Å². The van der Waals surface area contributed by atoms with Crippen LogP contribution in [-0.4, -0.2) is 83.8 Å². The van der Waals surface area contributed by atoms with E-state index in [4.69, 9.17) is 4.74 Å². The number of carbonyl (C=O) groups is 2. The Kier molecular flexibility index (Phi) is 12.9. The highest BCUT2D eigenvalue weighted by atomic mass is 19.4. The van der Waals surface area contributed by atoms with Gasteiger partial charge in [-0.2, -0.15) is 13.2 Å². The van der Waals surface area contributed by atoms with E-state index in [-0.39, 0.29) is 41.2 Å². The van der Waals surface area contributed by atoms with Crippen LogP contribution in [-0.2, 0) is 14.3 Å². The third-order valence-corrected chi connectivity index (χ3v) is 9.53. The number of rotatable bonds is 12. The van der Waals surface area contributed by atoms with Crippen LogP contribution in [0, 0.1) is 38.3 Å². The van der Waals surface area contributed by atoms with Crippen LogP contribution in [0.4, 0.5) is 22.0 Å². The summed E-state index contributed by atoms with van der Waals surface area (Å²) in [6.07, 6.45) is -1.98. The molecule has 0 aliphatic carbocycles. The van der Waals surface area contributed by atoms with Crippen molar-refractivity contribution >= 4 is 11.9 Å². The first-order valence-corrected chi connectivity index (χ1v) is 17.2. The second-order valence-electron chi connectivity index (χ2n) is 14.0. The molecule has 278 valence electrons. The van der Waals surface area contributed by atoms with Crippen LogP contribution in [0.15, 0.2) is 60.0 Å². The Morgan fingerprint density at radius 2 is 1.69 bits per heavy atom. The minimum Gasteiger partial charge on any atom is -0.481 e. The largest absolute Gasteiger partial charge is 0.481 e. The van der Waals surface area contributed by atoms with Crippen LogP contribution < -0.4 is 0 Å². The van der Waals surface area contributed by atoms with Gasteiger partial charge < -0.3 is 24.5 Å². The van der Waals surface area contributed by atoms with E-state index < -0.39 is 53.8 Å². The van der Waals surface area contributed by atoms with Crippen molar-refractivity contribution in [2.75, 3.05) is 39.9 Å². The third-order valence-electron chi connectivity index (χ3n) is 9.53. The number of ether oxygens (including phenoxy) is 1. The number of likely N-dealkylation sites (N-methyl/N-ethyl adjacent to an activating group) is 1. The van der Waals surface area contributed by atoms with Gasteiger partial charge >= 0.3 is 12.1 Å². The standard InChI is InChI=1S/C39H48F5N3O4/c1-23(2)15-34(47-22-28(32(19-27(47)6)39(42,43)44)9-11-46-10-8-13-51-14-12-46)38(50)45(7)33(21-35(48)49)31-20-29(16-26(5)37(31)41)36-24(3)17-30(40)18-25(36)4/h16-20,22-23,33-34H,6,8-15,21H2,1-5,7H3,(H,48,49)/t33?,34-/m0/s1. The van der Waals surface area contributed by atoms with Crippen LogP contribution in [0.3, 0.4) is 0 Å². The van der Waals surface area contributed by atoms with Gasteiger partial charge in [-0.15, -0.1) is 0 Å². The Bertz CT molecular complexity index is 1670. The lowest BCUT2D eigenvalue weighted by Gasteiger charge is -2.39. The third kappa shape index (κ3) is 9.65. The first-order chi connectivity index (χ1) is 23.9. The summed E-state index contributed by atoms with van der Waals surface area (Å²) in [5.74, 6) is -3.10. The fraction of sp³-hybridized carbons (Fsp3) is 0.487. The number of aryl methyl sites for hydroxylation is 3. The topological polar surface area (TPSA) is 73.3 Å². The fourth-order valence-electron chi connectivity index (χ4n) is 7.05. The highest BCUT2D eigenvalue weighted by Gasteiger charge is 2.41. The summed E-state index contributed by atoms with van der Waals surface area (Å²) in [5.41, 5.74) is 1.69. The molecule has 1 amide bonds. The maximum atomic E-state index is 16.0. The van der Waals surface area contributed by atoms with Crippen LogP contribution in [0.25, 0.3) is 11.1 Å². The van der Waals surface area contributed by atoms with Crippen molar-refractivity contribution in [2.45, 2.75) is 78.6 Å². The molecule has 2 heterocycles. The molecule has 1 fully saturated rings. The molecule has 1 N–H and O–H groups in total. The molecule has 12 heteroatoms. The summed E-state index contributed by atoms with van der Waals surface area (Å²) in [4.78, 5) is 31.4. The van der Waals surface area contributed by atoms with Gasteiger partial charge in [-0.3, -0.25) is 9.59 Å². The van der Waals surface area contributed by atoms with E-state index in [1.165, 1.54) is 48.2 Å². The van der Waals surface area contributed by atoms with Gasteiger partial charge in [-0.1, -0.05) is 20.4 Å². The molecule has 2 atom stereocenters. The summed E-state index contributed by atoms with van der Waals surface area (Å²) in [6.45, 7) is 15.3. The Morgan fingerprint density at radius 1 is 1.02 bits per heavy atom. The van der Waals surface area contributed by atoms with E-state index in [1.54, 1.807) is 19.9 Å². The minimum absolute atomic E-state index is 0.00534. The summed E-state index contributed by atoms with van der Waals surface area (Å²) in [5, 5.41) is 9.98. The molecule has 4 rings (SSSR count). The van der Waals surface area contributed by atoms with Crippen molar-refractivity contribution < 1.29 is 41.4 Å². The number of carboxylic acids is 1. The highest BCUT2D eigenvalue weighted by Crippen LogP contribution is 2.40. The zero-order valence-electron chi connectivity index (χ0n) is 30.2. The van der Waals surface area contributed by atoms with Gasteiger partial charge in [0.25, 0.3) is 0 Å². The monoisotopic (exact) mass is 717 g/mol. The number of aliphatic carboxylic acids is 1. The van der Waals surface area contributed by atoms with Crippen LogP contribution in [0.1, 0.15) is 67.8 Å². The average molecular weight is 718 g/mol. The van der Waals surface area contributed by atoms with Crippen molar-refractivity contribution in [3.05, 3.63) is 93.9 Å². The van der Waals surface area contributed by atoms with Gasteiger partial charge in [0.1, 0.15) is 17.7 Å². The Labute approximate surface area is 297 Å². The van der Waals surface area contributed by atoms with E-state index >= 15 is 4.39 Å². The Morgan fingerprint density at radius 3 is 2.29 bits per heavy atom. The number of alkyl halides is 3. The molecule has 0 aromatic heterocycles. The van der Waals surface area contributed by atoms with E-state index in [1.807, 2.05) is 13.8 Å². The predicted molar refractivity (Wildman–Crippen MR) is 187 cm³/mol. The van der Waals surface area contributed by atoms with Gasteiger partial charge in [-0.05, 0) is 110 Å². The Balaban J connectivity index is 1.76. The number of nitrogens with zero attached hydrogens (tertiary/aromatic N) is 3. The Hall–Kier alpha value is -4.03. The van der Waals surface area contributed by atoms with E-state index in [0.717, 1.165) is 12.5 Å². The first-order valence-electron chi connectivity index (χ1n) is 17.2. The van der Waals surface area contributed by atoms with Gasteiger partial charge in [0.15, 0.2) is 0 Å². The lowest BCUT2D eigenvalue weighted by Crippen LogP contribution is -2.48. The molecule has 1 saturated heterocycles. The molecule has 51 heavy (non-hydrogen) atoms. The van der Waals surface area contributed by atoms with Gasteiger partial charge in [0.2, 0.25) is 5.91 Å². The minimum atomic E-state index is -4.66. The van der Waals surface area contributed by atoms with Crippen molar-refractivity contribution in [3.8, 4) is 11.1 Å². The molecule has 1 unspecified atom stereocenters. The second-order valence-corrected chi connectivity index (χ2v) is 14.0. The molecule has 0 bridgehead atoms. The second kappa shape index (κ2) is 16.5. The summed E-state index contributed by atoms with van der Waals surface area (Å²) < 4.78 is 78.7. The molecule has 2 aliphatic heterocycles. The molecule has 2 aliphatic rings. The zero-order chi connectivity index (χ0) is 37.8. The lowest BCUT2D eigenvalue weighted by molar-refractivity contribution is -0.142. The molecular formula is C39H48F5N3O4. The van der Waals surface area contributed by atoms with E-state index in [9.17, 15) is 32.3 Å². The molecule has 0 spiro atoms. The van der Waals surface area contributed by atoms with E-state index in [2.05, 4.69) is 11.5 Å². The number of hydrogen-bond donors (Lipinski definition) is 1. The van der Waals surface area contributed by atoms with Crippen molar-refractivity contribution in [1.29, 1.82) is 0 Å². The number of hydrogen-bond acceptors (Lipinski definition) is 5. The smallest absolute Gasteiger partial charge is 0.416 e. The summed E-state index contributed by atoms with van der Waals surface area (Å²) >= 11 is 0. The zero-order valence-corrected chi connectivity index (χ0v) is 30.2. The van der Waals surface area contributed by atoms with E-state index in [0.29, 0.717) is 55.1 Å². The highest BCUT2D eigenvalue weighted by molar-refractivity contribution is 5.84. The summed E-state index contributed by atoms with van der Waals surface area (Å²) in [6, 6.07) is 3.46. The quantitative estimate of drug-likeness (QED) is 0.223. The summed E-state index contributed by atoms with van der Waals surface area (Å²) in [7, 11) is 1.38. The SMILES string of the molecule is C=C1C=C(C(F)(F)F)C(CCN2CCCOCC2)=CN1[C@@H](CC(C)C)C(=O)N(C)C(CC(=O)O)c1cc(-c2c(C)cc(F)cc2C)cc(C)c1F. The van der Waals surface area contributed by atoms with Crippen molar-refractivity contribution in [2.24, 2.45) is 5.92 Å². The predicted octanol–water partition coefficient (Wildman–Crippen LogP) is 8.26. The molecule has 0 saturated carbocycles. The van der Waals surface area contributed by atoms with Crippen molar-refractivity contribution in [1.82, 2.24) is 14.7 Å². The first kappa shape index (κ1) is 39.8. The normalized spacial score (nSPS) is 17.2. The van der Waals surface area contributed by atoms with Gasteiger partial charge in [0, 0.05) is 50.7 Å². The number of amides is 1. The molecule has 7 nitrogen and oxygen atoms in total. The number of benzene rings is 2. The number of carbonyl (C=O) groups excluding carboxylic acids is 1. The van der Waals surface area contributed by atoms with Crippen LogP contribution in [0.5, 0.6) is 0 Å². The van der Waals surface area contributed by atoms with Crippen LogP contribution in [0.2, 0.25) is 0 Å². The average Bonchev–Trinajstić information content (AvgIpc) is 3.31. The van der Waals surface area contributed by atoms with Gasteiger partial charge in [-0.25, -0.2) is 8.78 Å². The fourth-order valence-corrected chi connectivity index (χ4v) is 7.05.